The number of benzene rings is 4. The second-order valence-corrected chi connectivity index (χ2v) is 9.16. The third-order valence-electron chi connectivity index (χ3n) is 6.46. The van der Waals surface area contributed by atoms with E-state index in [4.69, 9.17) is 9.47 Å². The number of methoxy groups -OCH3 is 1. The van der Waals surface area contributed by atoms with Gasteiger partial charge in [0.1, 0.15) is 0 Å². The number of rotatable bonds is 7. The van der Waals surface area contributed by atoms with E-state index >= 15 is 0 Å². The first-order valence-corrected chi connectivity index (χ1v) is 13.0. The number of anilines is 3. The number of amidine groups is 1. The highest BCUT2D eigenvalue weighted by Crippen LogP contribution is 2.34. The molecule has 200 valence electrons. The number of hydrogen-bond donors (Lipinski definition) is 0. The maximum Gasteiger partial charge on any atom is 0.340 e. The molecule has 1 heterocycles. The zero-order chi connectivity index (χ0) is 28.1. The lowest BCUT2D eigenvalue weighted by molar-refractivity contribution is -0.122. The molecule has 1 aliphatic heterocycles. The van der Waals surface area contributed by atoms with Crippen molar-refractivity contribution in [1.82, 2.24) is 4.90 Å². The van der Waals surface area contributed by atoms with E-state index in [0.717, 1.165) is 28.2 Å². The Balaban J connectivity index is 1.45. The Morgan fingerprint density at radius 1 is 0.900 bits per heavy atom. The molecule has 1 aliphatic rings. The van der Waals surface area contributed by atoms with Gasteiger partial charge in [0.05, 0.1) is 18.4 Å². The zero-order valence-electron chi connectivity index (χ0n) is 22.6. The number of carbonyl (C=O) groups excluding carboxylic acids is 2. The fraction of sp³-hybridized carbons (Fsp3) is 0.121. The third-order valence-corrected chi connectivity index (χ3v) is 6.46. The first-order valence-electron chi connectivity index (χ1n) is 13.0. The average molecular weight is 532 g/mol. The summed E-state index contributed by atoms with van der Waals surface area (Å²) < 4.78 is 10.8. The van der Waals surface area contributed by atoms with Crippen molar-refractivity contribution in [2.24, 2.45) is 4.99 Å². The largest absolute Gasteiger partial charge is 0.465 e. The van der Waals surface area contributed by atoms with Crippen molar-refractivity contribution >= 4 is 46.7 Å². The Bertz CT molecular complexity index is 1540. The number of hydrogen-bond acceptors (Lipinski definition) is 6. The van der Waals surface area contributed by atoms with Gasteiger partial charge in [-0.15, -0.1) is 0 Å². The summed E-state index contributed by atoms with van der Waals surface area (Å²) >= 11 is 0. The van der Waals surface area contributed by atoms with Crippen molar-refractivity contribution in [2.45, 2.75) is 13.8 Å². The Kier molecular flexibility index (Phi) is 7.73. The number of carbonyl (C=O) groups is 2. The molecule has 1 amide bonds. The van der Waals surface area contributed by atoms with Crippen molar-refractivity contribution in [3.8, 4) is 0 Å². The molecule has 5 rings (SSSR count). The molecule has 1 saturated heterocycles. The smallest absolute Gasteiger partial charge is 0.340 e. The highest BCUT2D eigenvalue weighted by Gasteiger charge is 2.34. The summed E-state index contributed by atoms with van der Waals surface area (Å²) in [7, 11) is 1.32. The molecular formula is C33H29N3O4. The molecule has 0 bridgehead atoms. The molecule has 1 fully saturated rings. The molecule has 0 aliphatic carbocycles. The van der Waals surface area contributed by atoms with Gasteiger partial charge in [-0.1, -0.05) is 54.6 Å². The minimum absolute atomic E-state index is 0.116. The number of nitrogens with zero attached hydrogens (tertiary/aromatic N) is 3. The topological polar surface area (TPSA) is 71.4 Å². The number of aryl methyl sites for hydroxylation is 1. The van der Waals surface area contributed by atoms with Crippen LogP contribution in [-0.4, -0.2) is 36.5 Å². The molecule has 0 spiro atoms. The van der Waals surface area contributed by atoms with E-state index in [1.54, 1.807) is 24.3 Å². The highest BCUT2D eigenvalue weighted by atomic mass is 16.5. The summed E-state index contributed by atoms with van der Waals surface area (Å²) in [6.07, 6.45) is 1.70. The molecule has 4 aromatic rings. The van der Waals surface area contributed by atoms with Crippen LogP contribution < -0.4 is 4.90 Å². The first-order chi connectivity index (χ1) is 19.5. The Morgan fingerprint density at radius 2 is 1.50 bits per heavy atom. The van der Waals surface area contributed by atoms with E-state index in [9.17, 15) is 9.59 Å². The SMILES string of the molecule is CCN1C(=O)C(=Cc2ccc(N(c3ccccc3)c3ccccc3)cc2)OC1=Nc1cc(C)ccc1C(=O)OC. The van der Waals surface area contributed by atoms with Gasteiger partial charge in [0.2, 0.25) is 0 Å². The quantitative estimate of drug-likeness (QED) is 0.187. The molecule has 0 N–H and O–H groups in total. The number of esters is 1. The summed E-state index contributed by atoms with van der Waals surface area (Å²) in [6, 6.07) is 33.5. The van der Waals surface area contributed by atoms with E-state index in [0.29, 0.717) is 17.8 Å². The van der Waals surface area contributed by atoms with Crippen LogP contribution in [0.4, 0.5) is 22.7 Å². The Labute approximate surface area is 233 Å². The van der Waals surface area contributed by atoms with E-state index in [1.165, 1.54) is 12.0 Å². The molecular weight excluding hydrogens is 502 g/mol. The van der Waals surface area contributed by atoms with Crippen molar-refractivity contribution in [3.63, 3.8) is 0 Å². The Hall–Kier alpha value is -5.17. The van der Waals surface area contributed by atoms with Gasteiger partial charge in [-0.25, -0.2) is 4.79 Å². The van der Waals surface area contributed by atoms with E-state index in [2.05, 4.69) is 34.2 Å². The third kappa shape index (κ3) is 5.49. The molecule has 0 radical (unpaired) electrons. The predicted octanol–water partition coefficient (Wildman–Crippen LogP) is 7.16. The lowest BCUT2D eigenvalue weighted by Gasteiger charge is -2.25. The van der Waals surface area contributed by atoms with Gasteiger partial charge in [0.25, 0.3) is 5.91 Å². The van der Waals surface area contributed by atoms with E-state index in [1.807, 2.05) is 74.5 Å². The maximum atomic E-state index is 13.2. The van der Waals surface area contributed by atoms with Crippen LogP contribution in [0.1, 0.15) is 28.4 Å². The number of likely N-dealkylation sites (N-methyl/N-ethyl adjacent to an activating group) is 1. The molecule has 7 heteroatoms. The first kappa shape index (κ1) is 26.4. The molecule has 0 atom stereocenters. The summed E-state index contributed by atoms with van der Waals surface area (Å²) in [4.78, 5) is 33.6. The van der Waals surface area contributed by atoms with Crippen LogP contribution in [0.5, 0.6) is 0 Å². The molecule has 0 saturated carbocycles. The van der Waals surface area contributed by atoms with Gasteiger partial charge in [0.15, 0.2) is 5.76 Å². The van der Waals surface area contributed by atoms with Crippen LogP contribution in [0, 0.1) is 6.92 Å². The van der Waals surface area contributed by atoms with E-state index in [-0.39, 0.29) is 17.7 Å². The minimum atomic E-state index is -0.511. The molecule has 0 aromatic heterocycles. The van der Waals surface area contributed by atoms with Crippen LogP contribution >= 0.6 is 0 Å². The second kappa shape index (κ2) is 11.7. The maximum absolute atomic E-state index is 13.2. The molecule has 4 aromatic carbocycles. The van der Waals surface area contributed by atoms with Crippen molar-refractivity contribution in [3.05, 3.63) is 126 Å². The summed E-state index contributed by atoms with van der Waals surface area (Å²) in [5.74, 6) is -0.654. The fourth-order valence-corrected chi connectivity index (χ4v) is 4.46. The fourth-order valence-electron chi connectivity index (χ4n) is 4.46. The number of amides is 1. The summed E-state index contributed by atoms with van der Waals surface area (Å²) in [5, 5.41) is 0. The molecule has 0 unspecified atom stereocenters. The normalized spacial score (nSPS) is 14.9. The van der Waals surface area contributed by atoms with Crippen LogP contribution in [0.3, 0.4) is 0 Å². The average Bonchev–Trinajstić information content (AvgIpc) is 3.28. The standard InChI is InChI=1S/C33H29N3O4/c1-4-35-31(37)30(40-33(35)34-29-21-23(2)15-20-28(29)32(38)39-3)22-24-16-18-27(19-17-24)36(25-11-7-5-8-12-25)26-13-9-6-10-14-26/h5-22H,4H2,1-3H3. The minimum Gasteiger partial charge on any atom is -0.465 e. The van der Waals surface area contributed by atoms with Gasteiger partial charge in [0, 0.05) is 23.6 Å². The van der Waals surface area contributed by atoms with Crippen molar-refractivity contribution in [2.75, 3.05) is 18.6 Å². The number of para-hydroxylation sites is 2. The molecule has 40 heavy (non-hydrogen) atoms. The zero-order valence-corrected chi connectivity index (χ0v) is 22.6. The molecule has 7 nitrogen and oxygen atoms in total. The van der Waals surface area contributed by atoms with Gasteiger partial charge >= 0.3 is 12.0 Å². The summed E-state index contributed by atoms with van der Waals surface area (Å²) in [5.41, 5.74) is 5.44. The highest BCUT2D eigenvalue weighted by molar-refractivity contribution is 6.12. The Morgan fingerprint density at radius 3 is 2.08 bits per heavy atom. The van der Waals surface area contributed by atoms with Gasteiger partial charge in [-0.05, 0) is 79.6 Å². The number of ether oxygens (including phenoxy) is 2. The van der Waals surface area contributed by atoms with Crippen molar-refractivity contribution in [1.29, 1.82) is 0 Å². The monoisotopic (exact) mass is 531 g/mol. The van der Waals surface area contributed by atoms with E-state index < -0.39 is 5.97 Å². The lowest BCUT2D eigenvalue weighted by atomic mass is 10.1. The number of aliphatic imine (C=N–C) groups is 1. The van der Waals surface area contributed by atoms with Gasteiger partial charge in [-0.2, -0.15) is 4.99 Å². The van der Waals surface area contributed by atoms with Crippen LogP contribution in [0.15, 0.2) is 114 Å². The summed E-state index contributed by atoms with van der Waals surface area (Å²) in [6.45, 7) is 4.10. The van der Waals surface area contributed by atoms with Gasteiger partial charge in [-0.3, -0.25) is 9.69 Å². The second-order valence-electron chi connectivity index (χ2n) is 9.16. The van der Waals surface area contributed by atoms with Crippen LogP contribution in [0.2, 0.25) is 0 Å². The predicted molar refractivity (Wildman–Crippen MR) is 157 cm³/mol. The lowest BCUT2D eigenvalue weighted by Crippen LogP contribution is -2.29. The van der Waals surface area contributed by atoms with Gasteiger partial charge < -0.3 is 14.4 Å². The van der Waals surface area contributed by atoms with Crippen molar-refractivity contribution < 1.29 is 19.1 Å². The van der Waals surface area contributed by atoms with Crippen LogP contribution in [0.25, 0.3) is 6.08 Å². The van der Waals surface area contributed by atoms with Crippen LogP contribution in [-0.2, 0) is 14.3 Å².